The fraction of sp³-hybridized carbons (Fsp3) is 0.500. The van der Waals surface area contributed by atoms with Gasteiger partial charge in [-0.1, -0.05) is 0 Å². The van der Waals surface area contributed by atoms with Gasteiger partial charge in [0.2, 0.25) is 11.9 Å². The van der Waals surface area contributed by atoms with E-state index in [1.807, 2.05) is 0 Å². The van der Waals surface area contributed by atoms with Gasteiger partial charge in [0.05, 0.1) is 12.9 Å². The van der Waals surface area contributed by atoms with Crippen LogP contribution < -0.4 is 10.9 Å². The molecule has 11 nitrogen and oxygen atoms in total. The molecule has 23 heavy (non-hydrogen) atoms. The Morgan fingerprint density at radius 1 is 1.48 bits per heavy atom. The van der Waals surface area contributed by atoms with Crippen LogP contribution >= 0.6 is 0 Å². The molecule has 4 atom stereocenters. The predicted octanol–water partition coefficient (Wildman–Crippen LogP) is -2.31. The number of carbonyl (C=O) groups is 1. The van der Waals surface area contributed by atoms with Gasteiger partial charge in [0.1, 0.15) is 18.3 Å². The number of ether oxygens (including phenoxy) is 1. The normalized spacial score (nSPS) is 27.5. The van der Waals surface area contributed by atoms with E-state index in [4.69, 9.17) is 9.84 Å². The summed E-state index contributed by atoms with van der Waals surface area (Å²) < 4.78 is 6.65. The van der Waals surface area contributed by atoms with Crippen LogP contribution in [0.5, 0.6) is 0 Å². The van der Waals surface area contributed by atoms with Crippen molar-refractivity contribution < 1.29 is 24.9 Å². The zero-order valence-electron chi connectivity index (χ0n) is 12.0. The highest BCUT2D eigenvalue weighted by molar-refractivity contribution is 5.87. The van der Waals surface area contributed by atoms with E-state index >= 15 is 0 Å². The number of fused-ring (bicyclic) bond motifs is 1. The van der Waals surface area contributed by atoms with Crippen molar-refractivity contribution in [2.24, 2.45) is 0 Å². The van der Waals surface area contributed by atoms with Crippen LogP contribution in [0.4, 0.5) is 5.95 Å². The van der Waals surface area contributed by atoms with Gasteiger partial charge in [-0.05, 0) is 0 Å². The Labute approximate surface area is 128 Å². The molecule has 0 aliphatic carbocycles. The molecular formula is C12H15N5O6. The van der Waals surface area contributed by atoms with Crippen molar-refractivity contribution in [1.29, 1.82) is 0 Å². The number of aromatic nitrogens is 4. The van der Waals surface area contributed by atoms with Crippen molar-refractivity contribution in [3.05, 3.63) is 16.7 Å². The smallest absolute Gasteiger partial charge is 0.280 e. The molecular weight excluding hydrogens is 310 g/mol. The van der Waals surface area contributed by atoms with Crippen LogP contribution in [0.1, 0.15) is 13.2 Å². The van der Waals surface area contributed by atoms with Crippen molar-refractivity contribution >= 4 is 23.0 Å². The van der Waals surface area contributed by atoms with E-state index in [1.54, 1.807) is 0 Å². The van der Waals surface area contributed by atoms with Gasteiger partial charge in [-0.15, -0.1) is 0 Å². The fourth-order valence-corrected chi connectivity index (χ4v) is 2.45. The number of aliphatic hydroxyl groups excluding tert-OH is 3. The minimum Gasteiger partial charge on any atom is -0.394 e. The predicted molar refractivity (Wildman–Crippen MR) is 75.5 cm³/mol. The summed E-state index contributed by atoms with van der Waals surface area (Å²) in [4.78, 5) is 33.4. The van der Waals surface area contributed by atoms with Crippen LogP contribution in [0.25, 0.3) is 11.2 Å². The molecule has 2 aromatic heterocycles. The molecule has 1 aliphatic rings. The second kappa shape index (κ2) is 5.70. The number of hydrogen-bond acceptors (Lipinski definition) is 8. The number of carbonyl (C=O) groups excluding carboxylic acids is 1. The number of amides is 1. The van der Waals surface area contributed by atoms with Crippen LogP contribution in [0.15, 0.2) is 11.1 Å². The summed E-state index contributed by atoms with van der Waals surface area (Å²) in [5.41, 5.74) is -0.534. The minimum absolute atomic E-state index is 0.0168. The third-order valence-electron chi connectivity index (χ3n) is 3.52. The average Bonchev–Trinajstić information content (AvgIpc) is 3.01. The second-order valence-corrected chi connectivity index (χ2v) is 5.15. The van der Waals surface area contributed by atoms with E-state index in [2.05, 4.69) is 20.3 Å². The molecule has 0 aromatic carbocycles. The highest BCUT2D eigenvalue weighted by atomic mass is 16.6. The molecule has 0 bridgehead atoms. The molecule has 1 fully saturated rings. The lowest BCUT2D eigenvalue weighted by molar-refractivity contribution is -0.114. The Morgan fingerprint density at radius 3 is 2.83 bits per heavy atom. The number of nitrogens with zero attached hydrogens (tertiary/aromatic N) is 3. The Morgan fingerprint density at radius 2 is 2.22 bits per heavy atom. The summed E-state index contributed by atoms with van der Waals surface area (Å²) >= 11 is 0. The van der Waals surface area contributed by atoms with Crippen LogP contribution in [0.3, 0.4) is 0 Å². The molecule has 1 amide bonds. The number of rotatable bonds is 3. The first-order valence-corrected chi connectivity index (χ1v) is 6.79. The summed E-state index contributed by atoms with van der Waals surface area (Å²) in [7, 11) is 0. The number of imidazole rings is 1. The maximum Gasteiger partial charge on any atom is 0.280 e. The first-order chi connectivity index (χ1) is 10.9. The Bertz CT molecular complexity index is 801. The summed E-state index contributed by atoms with van der Waals surface area (Å²) in [6.45, 7) is 0.778. The van der Waals surface area contributed by atoms with Crippen molar-refractivity contribution in [3.8, 4) is 0 Å². The topological polar surface area (TPSA) is 163 Å². The number of anilines is 1. The number of nitrogens with one attached hydrogen (secondary N) is 2. The maximum absolute atomic E-state index is 12.0. The Balaban J connectivity index is 2.06. The van der Waals surface area contributed by atoms with Gasteiger partial charge >= 0.3 is 0 Å². The van der Waals surface area contributed by atoms with E-state index in [0.717, 1.165) is 0 Å². The number of aliphatic hydroxyl groups is 3. The number of H-pyrrole nitrogens is 1. The van der Waals surface area contributed by atoms with Gasteiger partial charge in [-0.3, -0.25) is 24.5 Å². The molecule has 0 saturated carbocycles. The third kappa shape index (κ3) is 2.59. The highest BCUT2D eigenvalue weighted by Crippen LogP contribution is 2.30. The van der Waals surface area contributed by atoms with E-state index in [1.165, 1.54) is 17.8 Å². The maximum atomic E-state index is 12.0. The zero-order chi connectivity index (χ0) is 16.7. The lowest BCUT2D eigenvalue weighted by atomic mass is 10.1. The molecule has 1 saturated heterocycles. The first kappa shape index (κ1) is 15.6. The first-order valence-electron chi connectivity index (χ1n) is 6.79. The average molecular weight is 325 g/mol. The zero-order valence-corrected chi connectivity index (χ0v) is 12.0. The molecule has 0 unspecified atom stereocenters. The van der Waals surface area contributed by atoms with E-state index in [9.17, 15) is 19.8 Å². The van der Waals surface area contributed by atoms with Crippen molar-refractivity contribution in [2.45, 2.75) is 31.5 Å². The van der Waals surface area contributed by atoms with Crippen molar-refractivity contribution in [1.82, 2.24) is 19.5 Å². The van der Waals surface area contributed by atoms with Gasteiger partial charge < -0.3 is 20.1 Å². The van der Waals surface area contributed by atoms with Crippen LogP contribution in [-0.2, 0) is 9.53 Å². The summed E-state index contributed by atoms with van der Waals surface area (Å²) in [5.74, 6) is -0.505. The highest BCUT2D eigenvalue weighted by Gasteiger charge is 2.44. The SMILES string of the molecule is CC(=O)Nc1nc2c(ncn2[C@H]2O[C@@H](CO)[C@H](O)[C@@H]2O)c(=O)[nH]1. The Kier molecular flexibility index (Phi) is 3.85. The lowest BCUT2D eigenvalue weighted by Gasteiger charge is -2.16. The fourth-order valence-electron chi connectivity index (χ4n) is 2.45. The molecule has 11 heteroatoms. The van der Waals surface area contributed by atoms with Crippen molar-refractivity contribution in [3.63, 3.8) is 0 Å². The second-order valence-electron chi connectivity index (χ2n) is 5.15. The molecule has 3 rings (SSSR count). The molecule has 3 heterocycles. The van der Waals surface area contributed by atoms with E-state index in [0.29, 0.717) is 0 Å². The molecule has 0 spiro atoms. The standard InChI is InChI=1S/C12H15N5O6/c1-4(19)14-12-15-9-6(10(22)16-12)13-3-17(9)11-8(21)7(20)5(2-18)23-11/h3,5,7-8,11,18,20-21H,2H2,1H3,(H2,14,15,16,19,22)/t5-,7-,8-,11-/m0/s1. The molecule has 5 N–H and O–H groups in total. The molecule has 1 aliphatic heterocycles. The quantitative estimate of drug-likeness (QED) is 0.420. The summed E-state index contributed by atoms with van der Waals surface area (Å²) in [6, 6.07) is 0. The van der Waals surface area contributed by atoms with Gasteiger partial charge in [0.25, 0.3) is 5.56 Å². The number of hydrogen-bond donors (Lipinski definition) is 5. The third-order valence-corrected chi connectivity index (χ3v) is 3.52. The van der Waals surface area contributed by atoms with Crippen LogP contribution in [-0.4, -0.2) is 65.7 Å². The summed E-state index contributed by atoms with van der Waals surface area (Å²) in [6.07, 6.45) is -3.45. The van der Waals surface area contributed by atoms with Crippen molar-refractivity contribution in [2.75, 3.05) is 11.9 Å². The Hall–Kier alpha value is -2.34. The monoisotopic (exact) mass is 325 g/mol. The van der Waals surface area contributed by atoms with E-state index in [-0.39, 0.29) is 17.1 Å². The van der Waals surface area contributed by atoms with Gasteiger partial charge in [0, 0.05) is 6.92 Å². The minimum atomic E-state index is -1.34. The van der Waals surface area contributed by atoms with Gasteiger partial charge in [0.15, 0.2) is 17.4 Å². The van der Waals surface area contributed by atoms with Crippen LogP contribution in [0.2, 0.25) is 0 Å². The summed E-state index contributed by atoms with van der Waals surface area (Å²) in [5, 5.41) is 31.3. The molecule has 124 valence electrons. The molecule has 0 radical (unpaired) electrons. The van der Waals surface area contributed by atoms with E-state index < -0.39 is 42.6 Å². The van der Waals surface area contributed by atoms with Gasteiger partial charge in [-0.2, -0.15) is 4.98 Å². The van der Waals surface area contributed by atoms with Crippen LogP contribution in [0, 0.1) is 0 Å². The van der Waals surface area contributed by atoms with Gasteiger partial charge in [-0.25, -0.2) is 4.98 Å². The molecule has 2 aromatic rings. The number of aromatic amines is 1. The lowest BCUT2D eigenvalue weighted by Crippen LogP contribution is -2.33. The largest absolute Gasteiger partial charge is 0.394 e.